The first-order valence-electron chi connectivity index (χ1n) is 11.3. The molecule has 0 aromatic heterocycles. The molecule has 0 radical (unpaired) electrons. The van der Waals surface area contributed by atoms with Gasteiger partial charge in [-0.1, -0.05) is 0 Å². The number of carbonyl (C=O) groups excluding carboxylic acids is 2. The van der Waals surface area contributed by atoms with Gasteiger partial charge in [0.2, 0.25) is 0 Å². The summed E-state index contributed by atoms with van der Waals surface area (Å²) < 4.78 is 6.01. The molecule has 0 spiro atoms. The van der Waals surface area contributed by atoms with Crippen molar-refractivity contribution in [2.45, 2.75) is 0 Å². The van der Waals surface area contributed by atoms with E-state index < -0.39 is 7.26 Å². The minimum atomic E-state index is -2.29. The fourth-order valence-electron chi connectivity index (χ4n) is 4.18. The van der Waals surface area contributed by atoms with Crippen LogP contribution in [-0.2, 0) is 14.3 Å². The normalized spacial score (nSPS) is 11.7. The van der Waals surface area contributed by atoms with Crippen molar-refractivity contribution in [3.05, 3.63) is 91.0 Å². The van der Waals surface area contributed by atoms with Gasteiger partial charge in [-0.25, -0.2) is 0 Å². The van der Waals surface area contributed by atoms with Crippen LogP contribution in [0, 0.1) is 0 Å². The summed E-state index contributed by atoms with van der Waals surface area (Å²) in [7, 11) is -0.302. The molecule has 3 aromatic carbocycles. The van der Waals surface area contributed by atoms with E-state index in [1.54, 1.807) is 11.9 Å². The van der Waals surface area contributed by atoms with Crippen molar-refractivity contribution in [2.24, 2.45) is 0 Å². The molecule has 0 aliphatic carbocycles. The van der Waals surface area contributed by atoms with Gasteiger partial charge in [-0.05, 0) is 0 Å². The molecule has 172 valence electrons. The summed E-state index contributed by atoms with van der Waals surface area (Å²) in [6, 6.07) is 32.3. The van der Waals surface area contributed by atoms with Gasteiger partial charge in [0.05, 0.1) is 0 Å². The summed E-state index contributed by atoms with van der Waals surface area (Å²) in [5.74, 6) is -0.107. The zero-order chi connectivity index (χ0) is 23.4. The van der Waals surface area contributed by atoms with Crippen molar-refractivity contribution in [1.29, 1.82) is 0 Å². The van der Waals surface area contributed by atoms with Crippen molar-refractivity contribution in [2.75, 3.05) is 39.5 Å². The number of ether oxygens (including phenoxy) is 1. The molecular weight excluding hydrogens is 430 g/mol. The second-order valence-corrected chi connectivity index (χ2v) is 12.1. The first-order valence-corrected chi connectivity index (χ1v) is 13.5. The Labute approximate surface area is 197 Å². The predicted molar refractivity (Wildman–Crippen MR) is 142 cm³/mol. The number of benzene rings is 3. The van der Waals surface area contributed by atoms with Crippen LogP contribution in [0.25, 0.3) is 0 Å². The number of nitrogens with zero attached hydrogens (tertiary/aromatic N) is 1. The molecule has 0 bridgehead atoms. The number of nitrogens with one attached hydrogen (secondary N) is 1. The maximum atomic E-state index is 12.0. The van der Waals surface area contributed by atoms with Crippen molar-refractivity contribution < 1.29 is 14.3 Å². The van der Waals surface area contributed by atoms with Gasteiger partial charge in [0.25, 0.3) is 0 Å². The summed E-state index contributed by atoms with van der Waals surface area (Å²) in [5, 5.41) is 6.93. The molecule has 3 rings (SSSR count). The molecule has 7 heteroatoms. The molecule has 0 atom stereocenters. The predicted octanol–water partition coefficient (Wildman–Crippen LogP) is 1.32. The summed E-state index contributed by atoms with van der Waals surface area (Å²) in [6.45, 7) is 1.70. The van der Waals surface area contributed by atoms with Crippen LogP contribution in [-0.4, -0.2) is 63.8 Å². The van der Waals surface area contributed by atoms with Gasteiger partial charge in [0.15, 0.2) is 0 Å². The Hall–Kier alpha value is -2.79. The molecular formula is C26H32BN2O3P. The molecule has 3 aromatic rings. The van der Waals surface area contributed by atoms with Crippen molar-refractivity contribution in [3.8, 4) is 0 Å². The van der Waals surface area contributed by atoms with E-state index in [0.717, 1.165) is 12.3 Å². The monoisotopic (exact) mass is 462 g/mol. The van der Waals surface area contributed by atoms with Crippen molar-refractivity contribution >= 4 is 42.7 Å². The van der Waals surface area contributed by atoms with Gasteiger partial charge in [-0.2, -0.15) is 0 Å². The van der Waals surface area contributed by atoms with E-state index >= 15 is 0 Å². The molecule has 33 heavy (non-hydrogen) atoms. The summed E-state index contributed by atoms with van der Waals surface area (Å²) in [4.78, 5) is 24.2. The van der Waals surface area contributed by atoms with Gasteiger partial charge in [0, 0.05) is 0 Å². The molecule has 1 amide bonds. The fraction of sp³-hybridized carbons (Fsp3) is 0.231. The van der Waals surface area contributed by atoms with Crippen LogP contribution in [0.4, 0.5) is 0 Å². The first-order chi connectivity index (χ1) is 16.2. The maximum absolute atomic E-state index is 12.0. The van der Waals surface area contributed by atoms with Gasteiger partial charge in [-0.15, -0.1) is 0 Å². The van der Waals surface area contributed by atoms with E-state index in [2.05, 4.69) is 96.3 Å². The molecule has 0 aliphatic rings. The van der Waals surface area contributed by atoms with Crippen LogP contribution < -0.4 is 21.2 Å². The van der Waals surface area contributed by atoms with Gasteiger partial charge < -0.3 is 0 Å². The first kappa shape index (κ1) is 24.8. The number of hydrogen-bond acceptors (Lipinski definition) is 4. The zero-order valence-corrected chi connectivity index (χ0v) is 20.2. The van der Waals surface area contributed by atoms with E-state index in [4.69, 9.17) is 4.74 Å². The average molecular weight is 462 g/mol. The van der Waals surface area contributed by atoms with Crippen LogP contribution in [0.5, 0.6) is 0 Å². The second kappa shape index (κ2) is 13.1. The zero-order valence-electron chi connectivity index (χ0n) is 19.2. The van der Waals surface area contributed by atoms with Crippen LogP contribution in [0.15, 0.2) is 91.0 Å². The van der Waals surface area contributed by atoms with E-state index in [0.29, 0.717) is 19.8 Å². The third kappa shape index (κ3) is 6.85. The SMILES string of the molecule is CN(BC=O)CC(=O)NCCOCC[PH](c1ccccc1)(c1ccccc1)c1ccccc1. The Morgan fingerprint density at radius 1 is 0.879 bits per heavy atom. The van der Waals surface area contributed by atoms with E-state index in [1.807, 2.05) is 0 Å². The average Bonchev–Trinajstić information content (AvgIpc) is 2.85. The molecule has 0 saturated heterocycles. The Morgan fingerprint density at radius 3 is 1.82 bits per heavy atom. The number of likely N-dealkylation sites (N-methyl/N-ethyl adjacent to an activating group) is 1. The van der Waals surface area contributed by atoms with Gasteiger partial charge in [0.1, 0.15) is 0 Å². The van der Waals surface area contributed by atoms with Crippen LogP contribution in [0.2, 0.25) is 0 Å². The Balaban J connectivity index is 1.70. The van der Waals surface area contributed by atoms with Gasteiger partial charge in [-0.3, -0.25) is 0 Å². The Bertz CT molecular complexity index is 894. The molecule has 0 saturated carbocycles. The third-order valence-corrected chi connectivity index (χ3v) is 10.7. The topological polar surface area (TPSA) is 58.6 Å². The summed E-state index contributed by atoms with van der Waals surface area (Å²) >= 11 is 0. The molecule has 0 unspecified atom stereocenters. The molecule has 1 N–H and O–H groups in total. The van der Waals surface area contributed by atoms with Crippen molar-refractivity contribution in [1.82, 2.24) is 10.1 Å². The Kier molecular flexibility index (Phi) is 9.83. The quantitative estimate of drug-likeness (QED) is 0.180. The van der Waals surface area contributed by atoms with Crippen LogP contribution >= 0.6 is 7.26 Å². The third-order valence-electron chi connectivity index (χ3n) is 5.79. The molecule has 0 heterocycles. The molecule has 0 aliphatic heterocycles. The Morgan fingerprint density at radius 2 is 1.36 bits per heavy atom. The van der Waals surface area contributed by atoms with Crippen LogP contribution in [0.3, 0.4) is 0 Å². The summed E-state index contributed by atoms with van der Waals surface area (Å²) in [5.41, 5.74) is 0. The van der Waals surface area contributed by atoms with E-state index in [-0.39, 0.29) is 19.9 Å². The minimum absolute atomic E-state index is 0.107. The fourth-order valence-corrected chi connectivity index (χ4v) is 8.78. The number of rotatable bonds is 13. The van der Waals surface area contributed by atoms with Crippen molar-refractivity contribution in [3.63, 3.8) is 0 Å². The van der Waals surface area contributed by atoms with Crippen LogP contribution in [0.1, 0.15) is 0 Å². The second-order valence-electron chi connectivity index (χ2n) is 8.08. The summed E-state index contributed by atoms with van der Waals surface area (Å²) in [6.07, 6.45) is 1.69. The standard InChI is InChI=1S/C26H32BN2O3P/c1-29(27-22-30)21-26(31)28-17-18-32-19-20-33(23-11-5-2-6-12-23,24-13-7-3-8-14-24)25-15-9-4-10-16-25/h2-16,22,27,33H,17-21H2,1H3,(H,28,31). The number of hydrogen-bond donors (Lipinski definition) is 1. The molecule has 0 fully saturated rings. The number of amides is 1. The molecule has 5 nitrogen and oxygen atoms in total. The van der Waals surface area contributed by atoms with E-state index in [9.17, 15) is 9.59 Å². The van der Waals surface area contributed by atoms with Gasteiger partial charge >= 0.3 is 198 Å². The van der Waals surface area contributed by atoms with E-state index in [1.165, 1.54) is 15.9 Å². The number of carbonyl (C=O) groups is 2.